The SMILES string of the molecule is CNN(Cc1ccccc1)Cc1ccccc1. The van der Waals surface area contributed by atoms with Crippen LogP contribution in [0.4, 0.5) is 0 Å². The van der Waals surface area contributed by atoms with Crippen LogP contribution in [-0.4, -0.2) is 12.1 Å². The molecular formula is C15H18N2. The molecule has 2 nitrogen and oxygen atoms in total. The van der Waals surface area contributed by atoms with Crippen LogP contribution in [0.2, 0.25) is 0 Å². The summed E-state index contributed by atoms with van der Waals surface area (Å²) in [5.41, 5.74) is 5.87. The largest absolute Gasteiger partial charge is 0.258 e. The summed E-state index contributed by atoms with van der Waals surface area (Å²) in [5, 5.41) is 2.20. The summed E-state index contributed by atoms with van der Waals surface area (Å²) in [6, 6.07) is 21.0. The van der Waals surface area contributed by atoms with Crippen LogP contribution in [0.15, 0.2) is 60.7 Å². The van der Waals surface area contributed by atoms with Crippen LogP contribution >= 0.6 is 0 Å². The van der Waals surface area contributed by atoms with Crippen LogP contribution in [0.1, 0.15) is 11.1 Å². The van der Waals surface area contributed by atoms with Crippen molar-refractivity contribution in [3.8, 4) is 0 Å². The molecule has 0 spiro atoms. The van der Waals surface area contributed by atoms with Crippen LogP contribution in [-0.2, 0) is 13.1 Å². The Morgan fingerprint density at radius 2 is 1.18 bits per heavy atom. The molecule has 0 saturated heterocycles. The van der Waals surface area contributed by atoms with Gasteiger partial charge >= 0.3 is 0 Å². The fourth-order valence-corrected chi connectivity index (χ4v) is 1.82. The molecule has 0 saturated carbocycles. The molecule has 0 radical (unpaired) electrons. The van der Waals surface area contributed by atoms with Gasteiger partial charge in [-0.15, -0.1) is 0 Å². The van der Waals surface area contributed by atoms with E-state index in [2.05, 4.69) is 59.0 Å². The van der Waals surface area contributed by atoms with Crippen LogP contribution in [0.5, 0.6) is 0 Å². The average Bonchev–Trinajstić information content (AvgIpc) is 2.40. The number of hydrazine groups is 1. The summed E-state index contributed by atoms with van der Waals surface area (Å²) < 4.78 is 0. The van der Waals surface area contributed by atoms with Crippen molar-refractivity contribution in [1.29, 1.82) is 0 Å². The molecule has 1 N–H and O–H groups in total. The van der Waals surface area contributed by atoms with Crippen LogP contribution < -0.4 is 5.43 Å². The van der Waals surface area contributed by atoms with Crippen molar-refractivity contribution in [3.05, 3.63) is 71.8 Å². The zero-order chi connectivity index (χ0) is 11.9. The Bertz CT molecular complexity index is 384. The van der Waals surface area contributed by atoms with E-state index in [1.807, 2.05) is 19.2 Å². The zero-order valence-corrected chi connectivity index (χ0v) is 10.1. The van der Waals surface area contributed by atoms with Crippen LogP contribution in [0, 0.1) is 0 Å². The number of nitrogens with one attached hydrogen (secondary N) is 1. The predicted molar refractivity (Wildman–Crippen MR) is 71.2 cm³/mol. The second-order valence-corrected chi connectivity index (χ2v) is 4.05. The predicted octanol–water partition coefficient (Wildman–Crippen LogP) is 2.82. The van der Waals surface area contributed by atoms with Gasteiger partial charge in [0.2, 0.25) is 0 Å². The first-order chi connectivity index (χ1) is 8.38. The summed E-state index contributed by atoms with van der Waals surface area (Å²) in [7, 11) is 1.96. The molecule has 0 unspecified atom stereocenters. The average molecular weight is 226 g/mol. The minimum atomic E-state index is 0.909. The van der Waals surface area contributed by atoms with E-state index in [-0.39, 0.29) is 0 Å². The summed E-state index contributed by atoms with van der Waals surface area (Å²) in [4.78, 5) is 0. The van der Waals surface area contributed by atoms with Gasteiger partial charge in [-0.1, -0.05) is 60.7 Å². The Morgan fingerprint density at radius 1 is 0.765 bits per heavy atom. The van der Waals surface area contributed by atoms with E-state index >= 15 is 0 Å². The molecule has 2 heteroatoms. The van der Waals surface area contributed by atoms with E-state index in [9.17, 15) is 0 Å². The lowest BCUT2D eigenvalue weighted by Gasteiger charge is -2.21. The normalized spacial score (nSPS) is 10.7. The Labute approximate surface area is 103 Å². The molecule has 88 valence electrons. The van der Waals surface area contributed by atoms with Crippen molar-refractivity contribution < 1.29 is 0 Å². The van der Waals surface area contributed by atoms with E-state index < -0.39 is 0 Å². The van der Waals surface area contributed by atoms with Gasteiger partial charge in [0.05, 0.1) is 0 Å². The Morgan fingerprint density at radius 3 is 1.53 bits per heavy atom. The first-order valence-corrected chi connectivity index (χ1v) is 5.88. The monoisotopic (exact) mass is 226 g/mol. The van der Waals surface area contributed by atoms with E-state index in [1.165, 1.54) is 11.1 Å². The van der Waals surface area contributed by atoms with Crippen LogP contribution in [0.3, 0.4) is 0 Å². The first-order valence-electron chi connectivity index (χ1n) is 5.88. The van der Waals surface area contributed by atoms with E-state index in [4.69, 9.17) is 0 Å². The van der Waals surface area contributed by atoms with E-state index in [1.54, 1.807) is 0 Å². The van der Waals surface area contributed by atoms with Gasteiger partial charge in [-0.2, -0.15) is 0 Å². The molecule has 0 aliphatic heterocycles. The highest BCUT2D eigenvalue weighted by molar-refractivity contribution is 5.16. The van der Waals surface area contributed by atoms with Crippen molar-refractivity contribution in [2.24, 2.45) is 0 Å². The third-order valence-electron chi connectivity index (χ3n) is 2.75. The van der Waals surface area contributed by atoms with Gasteiger partial charge in [-0.25, -0.2) is 5.01 Å². The molecule has 0 aromatic heterocycles. The Balaban J connectivity index is 1.98. The summed E-state index contributed by atoms with van der Waals surface area (Å²) in [5.74, 6) is 0. The first kappa shape index (κ1) is 11.8. The maximum absolute atomic E-state index is 3.23. The lowest BCUT2D eigenvalue weighted by atomic mass is 10.2. The van der Waals surface area contributed by atoms with Gasteiger partial charge in [0.25, 0.3) is 0 Å². The highest BCUT2D eigenvalue weighted by atomic mass is 15.5. The smallest absolute Gasteiger partial charge is 0.0385 e. The molecule has 0 aliphatic carbocycles. The van der Waals surface area contributed by atoms with Gasteiger partial charge in [-0.3, -0.25) is 5.43 Å². The molecule has 0 fully saturated rings. The summed E-state index contributed by atoms with van der Waals surface area (Å²) in [6.07, 6.45) is 0. The number of hydrogen-bond donors (Lipinski definition) is 1. The fourth-order valence-electron chi connectivity index (χ4n) is 1.82. The quantitative estimate of drug-likeness (QED) is 0.789. The van der Waals surface area contributed by atoms with Crippen molar-refractivity contribution in [2.75, 3.05) is 7.05 Å². The molecule has 17 heavy (non-hydrogen) atoms. The molecule has 2 aromatic rings. The highest BCUT2D eigenvalue weighted by Crippen LogP contribution is 2.07. The minimum Gasteiger partial charge on any atom is -0.258 e. The van der Waals surface area contributed by atoms with Gasteiger partial charge in [0.15, 0.2) is 0 Å². The highest BCUT2D eigenvalue weighted by Gasteiger charge is 2.03. The number of nitrogens with zero attached hydrogens (tertiary/aromatic N) is 1. The molecule has 0 amide bonds. The molecule has 0 bridgehead atoms. The van der Waals surface area contributed by atoms with E-state index in [0.717, 1.165) is 13.1 Å². The van der Waals surface area contributed by atoms with Gasteiger partial charge in [0, 0.05) is 13.1 Å². The fraction of sp³-hybridized carbons (Fsp3) is 0.200. The van der Waals surface area contributed by atoms with Gasteiger partial charge in [0.1, 0.15) is 0 Å². The molecule has 0 atom stereocenters. The van der Waals surface area contributed by atoms with Crippen LogP contribution in [0.25, 0.3) is 0 Å². The van der Waals surface area contributed by atoms with Crippen molar-refractivity contribution >= 4 is 0 Å². The lowest BCUT2D eigenvalue weighted by molar-refractivity contribution is 0.188. The Kier molecular flexibility index (Phi) is 4.30. The van der Waals surface area contributed by atoms with E-state index in [0.29, 0.717) is 0 Å². The number of rotatable bonds is 5. The number of benzene rings is 2. The molecule has 0 heterocycles. The second kappa shape index (κ2) is 6.18. The summed E-state index contributed by atoms with van der Waals surface area (Å²) in [6.45, 7) is 1.82. The zero-order valence-electron chi connectivity index (χ0n) is 10.1. The van der Waals surface area contributed by atoms with Gasteiger partial charge < -0.3 is 0 Å². The molecule has 0 aliphatic rings. The standard InChI is InChI=1S/C15H18N2/c1-16-17(12-14-8-4-2-5-9-14)13-15-10-6-3-7-11-15/h2-11,16H,12-13H2,1H3. The second-order valence-electron chi connectivity index (χ2n) is 4.05. The van der Waals surface area contributed by atoms with Crippen molar-refractivity contribution in [1.82, 2.24) is 10.4 Å². The third kappa shape index (κ3) is 3.70. The third-order valence-corrected chi connectivity index (χ3v) is 2.75. The van der Waals surface area contributed by atoms with Crippen molar-refractivity contribution in [3.63, 3.8) is 0 Å². The maximum Gasteiger partial charge on any atom is 0.0385 e. The topological polar surface area (TPSA) is 15.3 Å². The lowest BCUT2D eigenvalue weighted by Crippen LogP contribution is -2.33. The molecule has 2 rings (SSSR count). The number of hydrogen-bond acceptors (Lipinski definition) is 2. The Hall–Kier alpha value is -1.64. The molecular weight excluding hydrogens is 208 g/mol. The van der Waals surface area contributed by atoms with Crippen molar-refractivity contribution in [2.45, 2.75) is 13.1 Å². The minimum absolute atomic E-state index is 0.909. The molecule has 2 aromatic carbocycles. The van der Waals surface area contributed by atoms with Gasteiger partial charge in [-0.05, 0) is 18.2 Å². The summed E-state index contributed by atoms with van der Waals surface area (Å²) >= 11 is 0. The maximum atomic E-state index is 3.23.